The number of fused-ring (bicyclic) bond motifs is 1. The van der Waals surface area contributed by atoms with E-state index in [1.54, 1.807) is 29.9 Å². The summed E-state index contributed by atoms with van der Waals surface area (Å²) in [6, 6.07) is 10.8. The van der Waals surface area contributed by atoms with E-state index in [0.29, 0.717) is 11.3 Å². The summed E-state index contributed by atoms with van der Waals surface area (Å²) in [5.41, 5.74) is 2.15. The van der Waals surface area contributed by atoms with Crippen molar-refractivity contribution < 1.29 is 18.4 Å². The quantitative estimate of drug-likeness (QED) is 0.412. The van der Waals surface area contributed by atoms with Crippen LogP contribution in [0.5, 0.6) is 0 Å². The van der Waals surface area contributed by atoms with E-state index >= 15 is 0 Å². The van der Waals surface area contributed by atoms with Crippen LogP contribution in [0.3, 0.4) is 0 Å². The fourth-order valence-electron chi connectivity index (χ4n) is 4.33. The third-order valence-electron chi connectivity index (χ3n) is 6.06. The summed E-state index contributed by atoms with van der Waals surface area (Å²) in [7, 11) is 0. The van der Waals surface area contributed by atoms with Crippen LogP contribution in [0.1, 0.15) is 24.5 Å². The lowest BCUT2D eigenvalue weighted by Gasteiger charge is -2.24. The first-order valence-electron chi connectivity index (χ1n) is 11.0. The second-order valence-corrected chi connectivity index (χ2v) is 8.72. The van der Waals surface area contributed by atoms with Crippen molar-refractivity contribution in [2.24, 2.45) is 4.99 Å². The molecule has 0 aliphatic carbocycles. The predicted molar refractivity (Wildman–Crippen MR) is 128 cm³/mol. The molecule has 0 saturated carbocycles. The fourth-order valence-corrected chi connectivity index (χ4v) is 4.53. The number of likely N-dealkylation sites (tertiary alicyclic amines) is 1. The maximum absolute atomic E-state index is 14.3. The van der Waals surface area contributed by atoms with Gasteiger partial charge in [-0.05, 0) is 19.1 Å². The van der Waals surface area contributed by atoms with Crippen LogP contribution in [0, 0.1) is 17.3 Å². The minimum absolute atomic E-state index is 0.0633. The molecule has 180 valence electrons. The molecule has 0 radical (unpaired) electrons. The van der Waals surface area contributed by atoms with E-state index in [1.165, 1.54) is 17.0 Å². The van der Waals surface area contributed by atoms with Gasteiger partial charge in [-0.2, -0.15) is 10.3 Å². The van der Waals surface area contributed by atoms with Crippen molar-refractivity contribution >= 4 is 40.0 Å². The van der Waals surface area contributed by atoms with Crippen molar-refractivity contribution in [3.8, 4) is 6.19 Å². The molecule has 2 heterocycles. The first kappa shape index (κ1) is 24.4. The number of amides is 2. The summed E-state index contributed by atoms with van der Waals surface area (Å²) in [5.74, 6) is -1.63. The molecule has 4 rings (SSSR count). The van der Waals surface area contributed by atoms with E-state index in [4.69, 9.17) is 16.9 Å². The van der Waals surface area contributed by atoms with Crippen LogP contribution in [0.2, 0.25) is 5.02 Å². The monoisotopic (exact) mass is 497 g/mol. The molecule has 10 heteroatoms. The van der Waals surface area contributed by atoms with Crippen molar-refractivity contribution in [1.82, 2.24) is 14.8 Å². The van der Waals surface area contributed by atoms with E-state index < -0.39 is 29.8 Å². The number of para-hydroxylation sites is 1. The standard InChI is InChI=1S/C25H22ClF2N5O2/c1-15(31-14-29)19-12-32(21-8-3-2-6-18(19)21)13-23(34)33-11-17(27)9-22(33)25(35)30-10-16-5-4-7-20(26)24(16)28/h2-8,12,17,22H,9-11,13H2,1H3,(H,30,35)/b31-15+/t17-,22+/m1/s1. The number of nitrogens with zero attached hydrogens (tertiary/aromatic N) is 4. The maximum atomic E-state index is 14.3. The van der Waals surface area contributed by atoms with Gasteiger partial charge in [0.15, 0.2) is 0 Å². The molecule has 2 amide bonds. The minimum atomic E-state index is -1.35. The number of aliphatic imine (C=N–C) groups is 1. The van der Waals surface area contributed by atoms with Crippen LogP contribution in [-0.4, -0.2) is 45.8 Å². The molecule has 3 aromatic rings. The second kappa shape index (κ2) is 10.2. The summed E-state index contributed by atoms with van der Waals surface area (Å²) in [6.07, 6.45) is 2.00. The van der Waals surface area contributed by atoms with E-state index in [-0.39, 0.29) is 36.6 Å². The maximum Gasteiger partial charge on any atom is 0.243 e. The molecule has 0 unspecified atom stereocenters. The Morgan fingerprint density at radius 1 is 1.26 bits per heavy atom. The van der Waals surface area contributed by atoms with Crippen molar-refractivity contribution in [1.29, 1.82) is 5.26 Å². The fraction of sp³-hybridized carbons (Fsp3) is 0.280. The molecule has 2 atom stereocenters. The predicted octanol–water partition coefficient (Wildman–Crippen LogP) is 3.98. The molecule has 2 aromatic carbocycles. The molecule has 1 aliphatic heterocycles. The van der Waals surface area contributed by atoms with Gasteiger partial charge in [0.25, 0.3) is 0 Å². The number of carbonyl (C=O) groups is 2. The van der Waals surface area contributed by atoms with Gasteiger partial charge in [-0.1, -0.05) is 41.9 Å². The highest BCUT2D eigenvalue weighted by atomic mass is 35.5. The Bertz CT molecular complexity index is 1360. The van der Waals surface area contributed by atoms with Crippen LogP contribution >= 0.6 is 11.6 Å². The second-order valence-electron chi connectivity index (χ2n) is 8.31. The van der Waals surface area contributed by atoms with Gasteiger partial charge >= 0.3 is 0 Å². The molecule has 7 nitrogen and oxygen atoms in total. The Hall–Kier alpha value is -3.77. The SMILES string of the molecule is C/C(=N\C#N)c1cn(CC(=O)N2C[C@H](F)C[C@H]2C(=O)NCc2cccc(Cl)c2F)c2ccccc12. The average molecular weight is 498 g/mol. The smallest absolute Gasteiger partial charge is 0.243 e. The lowest BCUT2D eigenvalue weighted by molar-refractivity contribution is -0.139. The number of aromatic nitrogens is 1. The number of rotatable bonds is 6. The molecule has 0 spiro atoms. The van der Waals surface area contributed by atoms with Crippen molar-refractivity contribution in [2.45, 2.75) is 38.6 Å². The normalized spacial score (nSPS) is 18.0. The van der Waals surface area contributed by atoms with E-state index in [1.807, 2.05) is 24.3 Å². The number of carbonyl (C=O) groups excluding carboxylic acids is 2. The van der Waals surface area contributed by atoms with Crippen molar-refractivity contribution in [3.05, 3.63) is 70.6 Å². The van der Waals surface area contributed by atoms with Crippen molar-refractivity contribution in [3.63, 3.8) is 0 Å². The van der Waals surface area contributed by atoms with Crippen LogP contribution in [0.4, 0.5) is 8.78 Å². The summed E-state index contributed by atoms with van der Waals surface area (Å²) in [6.45, 7) is 1.24. The van der Waals surface area contributed by atoms with Crippen LogP contribution in [-0.2, 0) is 22.7 Å². The molecular formula is C25H22ClF2N5O2. The van der Waals surface area contributed by atoms with Gasteiger partial charge < -0.3 is 14.8 Å². The Balaban J connectivity index is 1.52. The molecular weight excluding hydrogens is 476 g/mol. The number of nitrogens with one attached hydrogen (secondary N) is 1. The molecule has 35 heavy (non-hydrogen) atoms. The first-order valence-corrected chi connectivity index (χ1v) is 11.3. The highest BCUT2D eigenvalue weighted by Crippen LogP contribution is 2.25. The van der Waals surface area contributed by atoms with Gasteiger partial charge in [0, 0.05) is 41.2 Å². The molecule has 1 saturated heterocycles. The number of benzene rings is 2. The van der Waals surface area contributed by atoms with E-state index in [0.717, 1.165) is 10.9 Å². The third kappa shape index (κ3) is 5.03. The Morgan fingerprint density at radius 2 is 2.03 bits per heavy atom. The Labute approximate surface area is 205 Å². The van der Waals surface area contributed by atoms with Gasteiger partial charge in [0.1, 0.15) is 24.6 Å². The topological polar surface area (TPSA) is 90.5 Å². The third-order valence-corrected chi connectivity index (χ3v) is 6.35. The number of hydrogen-bond acceptors (Lipinski definition) is 4. The van der Waals surface area contributed by atoms with E-state index in [2.05, 4.69) is 10.3 Å². The molecule has 1 aliphatic rings. The number of nitriles is 1. The number of hydrogen-bond donors (Lipinski definition) is 1. The summed E-state index contributed by atoms with van der Waals surface area (Å²) in [4.78, 5) is 31.0. The van der Waals surface area contributed by atoms with Gasteiger partial charge in [-0.25, -0.2) is 8.78 Å². The Morgan fingerprint density at radius 3 is 2.80 bits per heavy atom. The van der Waals surface area contributed by atoms with Gasteiger partial charge in [-0.3, -0.25) is 9.59 Å². The highest BCUT2D eigenvalue weighted by molar-refractivity contribution is 6.30. The number of halogens is 3. The Kier molecular flexibility index (Phi) is 7.12. The van der Waals surface area contributed by atoms with Crippen LogP contribution in [0.25, 0.3) is 10.9 Å². The van der Waals surface area contributed by atoms with Crippen LogP contribution in [0.15, 0.2) is 53.7 Å². The van der Waals surface area contributed by atoms with E-state index in [9.17, 15) is 18.4 Å². The summed E-state index contributed by atoms with van der Waals surface area (Å²) in [5, 5.41) is 12.3. The first-order chi connectivity index (χ1) is 16.8. The van der Waals surface area contributed by atoms with Gasteiger partial charge in [0.05, 0.1) is 17.3 Å². The summed E-state index contributed by atoms with van der Waals surface area (Å²) >= 11 is 5.78. The average Bonchev–Trinajstić information content (AvgIpc) is 3.41. The highest BCUT2D eigenvalue weighted by Gasteiger charge is 2.39. The lowest BCUT2D eigenvalue weighted by Crippen LogP contribution is -2.46. The minimum Gasteiger partial charge on any atom is -0.350 e. The molecule has 1 fully saturated rings. The lowest BCUT2D eigenvalue weighted by atomic mass is 10.1. The van der Waals surface area contributed by atoms with Gasteiger partial charge in [0.2, 0.25) is 18.0 Å². The van der Waals surface area contributed by atoms with Crippen molar-refractivity contribution in [2.75, 3.05) is 6.54 Å². The summed E-state index contributed by atoms with van der Waals surface area (Å²) < 4.78 is 30.1. The van der Waals surface area contributed by atoms with Gasteiger partial charge in [-0.15, -0.1) is 0 Å². The largest absolute Gasteiger partial charge is 0.350 e. The zero-order valence-electron chi connectivity index (χ0n) is 18.8. The molecule has 1 N–H and O–H groups in total. The molecule has 0 bridgehead atoms. The zero-order valence-corrected chi connectivity index (χ0v) is 19.6. The van der Waals surface area contributed by atoms with Crippen LogP contribution < -0.4 is 5.32 Å². The molecule has 1 aromatic heterocycles. The zero-order chi connectivity index (χ0) is 25.1. The number of alkyl halides is 1.